The standard InChI is InChI=1S/C13H27N3O3S/c1-10(2)13(6-7-14-9-13)11(17)15-8-12(3,4)16-20(5,18)19/h10,14,16H,6-9H2,1-5H3,(H,15,17). The molecule has 1 unspecified atom stereocenters. The van der Waals surface area contributed by atoms with E-state index in [4.69, 9.17) is 0 Å². The van der Waals surface area contributed by atoms with Gasteiger partial charge in [-0.05, 0) is 32.7 Å². The van der Waals surface area contributed by atoms with Crippen molar-refractivity contribution in [3.05, 3.63) is 0 Å². The fourth-order valence-electron chi connectivity index (χ4n) is 2.68. The third-order valence-corrected chi connectivity index (χ3v) is 4.82. The van der Waals surface area contributed by atoms with Gasteiger partial charge >= 0.3 is 0 Å². The van der Waals surface area contributed by atoms with E-state index in [1.165, 1.54) is 0 Å². The van der Waals surface area contributed by atoms with E-state index in [0.717, 1.165) is 19.2 Å². The average molecular weight is 305 g/mol. The molecule has 1 aliphatic heterocycles. The number of carbonyl (C=O) groups excluding carboxylic acids is 1. The number of hydrogen-bond donors (Lipinski definition) is 3. The second kappa shape index (κ2) is 5.99. The second-order valence-electron chi connectivity index (χ2n) is 6.68. The molecule has 0 radical (unpaired) electrons. The molecular formula is C13H27N3O3S. The summed E-state index contributed by atoms with van der Waals surface area (Å²) in [5, 5.41) is 6.14. The summed E-state index contributed by atoms with van der Waals surface area (Å²) in [6.45, 7) is 9.39. The molecule has 1 amide bonds. The Morgan fingerprint density at radius 3 is 2.40 bits per heavy atom. The molecule has 6 nitrogen and oxygen atoms in total. The van der Waals surface area contributed by atoms with Gasteiger partial charge in [-0.1, -0.05) is 13.8 Å². The fourth-order valence-corrected chi connectivity index (χ4v) is 3.75. The van der Waals surface area contributed by atoms with Crippen molar-refractivity contribution in [1.82, 2.24) is 15.4 Å². The van der Waals surface area contributed by atoms with Crippen LogP contribution in [0.3, 0.4) is 0 Å². The zero-order chi connectivity index (χ0) is 15.6. The van der Waals surface area contributed by atoms with Gasteiger partial charge in [-0.2, -0.15) is 0 Å². The molecule has 0 aromatic carbocycles. The van der Waals surface area contributed by atoms with Crippen molar-refractivity contribution >= 4 is 15.9 Å². The van der Waals surface area contributed by atoms with Crippen LogP contribution in [0, 0.1) is 11.3 Å². The number of nitrogens with one attached hydrogen (secondary N) is 3. The lowest BCUT2D eigenvalue weighted by Crippen LogP contribution is -2.54. The molecule has 1 rings (SSSR count). The second-order valence-corrected chi connectivity index (χ2v) is 8.43. The average Bonchev–Trinajstić information content (AvgIpc) is 2.72. The highest BCUT2D eigenvalue weighted by molar-refractivity contribution is 7.88. The molecule has 0 bridgehead atoms. The molecule has 118 valence electrons. The minimum atomic E-state index is -3.29. The summed E-state index contributed by atoms with van der Waals surface area (Å²) in [6.07, 6.45) is 1.93. The van der Waals surface area contributed by atoms with Gasteiger partial charge in [0.05, 0.1) is 11.7 Å². The highest BCUT2D eigenvalue weighted by Gasteiger charge is 2.44. The predicted molar refractivity (Wildman–Crippen MR) is 79.8 cm³/mol. The summed E-state index contributed by atoms with van der Waals surface area (Å²) in [7, 11) is -3.29. The topological polar surface area (TPSA) is 87.3 Å². The minimum Gasteiger partial charge on any atom is -0.354 e. The first-order valence-corrected chi connectivity index (χ1v) is 8.86. The van der Waals surface area contributed by atoms with E-state index in [0.29, 0.717) is 6.54 Å². The molecule has 1 saturated heterocycles. The van der Waals surface area contributed by atoms with E-state index in [1.807, 2.05) is 13.8 Å². The maximum atomic E-state index is 12.5. The van der Waals surface area contributed by atoms with Crippen molar-refractivity contribution in [2.75, 3.05) is 25.9 Å². The molecule has 1 fully saturated rings. The molecule has 1 aliphatic rings. The van der Waals surface area contributed by atoms with Gasteiger partial charge in [0, 0.05) is 18.6 Å². The lowest BCUT2D eigenvalue weighted by Gasteiger charge is -2.33. The highest BCUT2D eigenvalue weighted by atomic mass is 32.2. The first-order chi connectivity index (χ1) is 8.99. The Morgan fingerprint density at radius 1 is 1.40 bits per heavy atom. The van der Waals surface area contributed by atoms with Crippen LogP contribution in [0.25, 0.3) is 0 Å². The maximum absolute atomic E-state index is 12.5. The molecule has 3 N–H and O–H groups in total. The SMILES string of the molecule is CC(C)C1(C(=O)NCC(C)(C)NS(C)(=O)=O)CCNC1. The molecule has 0 saturated carbocycles. The molecular weight excluding hydrogens is 278 g/mol. The monoisotopic (exact) mass is 305 g/mol. The Bertz CT molecular complexity index is 451. The first kappa shape index (κ1) is 17.4. The summed E-state index contributed by atoms with van der Waals surface area (Å²) in [6, 6.07) is 0. The summed E-state index contributed by atoms with van der Waals surface area (Å²) in [4.78, 5) is 12.5. The Morgan fingerprint density at radius 2 is 2.00 bits per heavy atom. The van der Waals surface area contributed by atoms with Gasteiger partial charge in [-0.25, -0.2) is 13.1 Å². The van der Waals surface area contributed by atoms with Crippen LogP contribution < -0.4 is 15.4 Å². The van der Waals surface area contributed by atoms with Gasteiger partial charge in [0.1, 0.15) is 0 Å². The Balaban J connectivity index is 2.67. The van der Waals surface area contributed by atoms with E-state index in [9.17, 15) is 13.2 Å². The molecule has 0 aromatic heterocycles. The van der Waals surface area contributed by atoms with Crippen molar-refractivity contribution in [1.29, 1.82) is 0 Å². The smallest absolute Gasteiger partial charge is 0.227 e. The van der Waals surface area contributed by atoms with Crippen LogP contribution in [0.5, 0.6) is 0 Å². The van der Waals surface area contributed by atoms with Crippen molar-refractivity contribution in [2.45, 2.75) is 39.7 Å². The molecule has 1 heterocycles. The predicted octanol–water partition coefficient (Wildman–Crippen LogP) is 0.0661. The molecule has 1 atom stereocenters. The Labute approximate surface area is 122 Å². The number of amides is 1. The molecule has 0 aromatic rings. The first-order valence-electron chi connectivity index (χ1n) is 6.96. The van der Waals surface area contributed by atoms with Crippen LogP contribution in [0.1, 0.15) is 34.1 Å². The number of rotatable bonds is 6. The highest BCUT2D eigenvalue weighted by Crippen LogP contribution is 2.34. The normalized spacial score (nSPS) is 24.1. The molecule has 0 aliphatic carbocycles. The van der Waals surface area contributed by atoms with Crippen molar-refractivity contribution < 1.29 is 13.2 Å². The minimum absolute atomic E-state index is 0.000811. The van der Waals surface area contributed by atoms with E-state index in [1.54, 1.807) is 13.8 Å². The van der Waals surface area contributed by atoms with Crippen LogP contribution in [0.15, 0.2) is 0 Å². The van der Waals surface area contributed by atoms with Gasteiger partial charge < -0.3 is 10.6 Å². The zero-order valence-corrected chi connectivity index (χ0v) is 13.9. The van der Waals surface area contributed by atoms with Gasteiger partial charge in [0.15, 0.2) is 0 Å². The van der Waals surface area contributed by atoms with Gasteiger partial charge in [0.25, 0.3) is 0 Å². The van der Waals surface area contributed by atoms with Crippen molar-refractivity contribution in [3.63, 3.8) is 0 Å². The Hall–Kier alpha value is -0.660. The van der Waals surface area contributed by atoms with Crippen LogP contribution in [0.2, 0.25) is 0 Å². The largest absolute Gasteiger partial charge is 0.354 e. The number of sulfonamides is 1. The quantitative estimate of drug-likeness (QED) is 0.648. The van der Waals surface area contributed by atoms with Gasteiger partial charge in [-0.3, -0.25) is 4.79 Å². The summed E-state index contributed by atoms with van der Waals surface area (Å²) >= 11 is 0. The fraction of sp³-hybridized carbons (Fsp3) is 0.923. The van der Waals surface area contributed by atoms with Crippen molar-refractivity contribution in [3.8, 4) is 0 Å². The van der Waals surface area contributed by atoms with Gasteiger partial charge in [-0.15, -0.1) is 0 Å². The summed E-state index contributed by atoms with van der Waals surface area (Å²) < 4.78 is 25.1. The molecule has 20 heavy (non-hydrogen) atoms. The summed E-state index contributed by atoms with van der Waals surface area (Å²) in [5.74, 6) is 0.240. The number of hydrogen-bond acceptors (Lipinski definition) is 4. The molecule has 7 heteroatoms. The molecule has 0 spiro atoms. The number of carbonyl (C=O) groups is 1. The zero-order valence-electron chi connectivity index (χ0n) is 13.0. The third-order valence-electron chi connectivity index (χ3n) is 3.90. The van der Waals surface area contributed by atoms with E-state index in [-0.39, 0.29) is 23.8 Å². The van der Waals surface area contributed by atoms with E-state index in [2.05, 4.69) is 15.4 Å². The lowest BCUT2D eigenvalue weighted by atomic mass is 9.75. The lowest BCUT2D eigenvalue weighted by molar-refractivity contribution is -0.132. The van der Waals surface area contributed by atoms with Crippen LogP contribution in [-0.2, 0) is 14.8 Å². The maximum Gasteiger partial charge on any atom is 0.227 e. The van der Waals surface area contributed by atoms with Crippen molar-refractivity contribution in [2.24, 2.45) is 11.3 Å². The van der Waals surface area contributed by atoms with Gasteiger partial charge in [0.2, 0.25) is 15.9 Å². The van der Waals surface area contributed by atoms with Crippen LogP contribution in [0.4, 0.5) is 0 Å². The van der Waals surface area contributed by atoms with E-state index >= 15 is 0 Å². The third kappa shape index (κ3) is 4.43. The van der Waals surface area contributed by atoms with Crippen LogP contribution in [-0.4, -0.2) is 45.8 Å². The Kier molecular flexibility index (Phi) is 5.21. The van der Waals surface area contributed by atoms with E-state index < -0.39 is 15.6 Å². The van der Waals surface area contributed by atoms with Crippen LogP contribution >= 0.6 is 0 Å². The summed E-state index contributed by atoms with van der Waals surface area (Å²) in [5.41, 5.74) is -1.09.